The van der Waals surface area contributed by atoms with Crippen molar-refractivity contribution in [2.45, 2.75) is 43.9 Å². The van der Waals surface area contributed by atoms with Gasteiger partial charge in [0.15, 0.2) is 0 Å². The fraction of sp³-hybridized carbons (Fsp3) is 0.444. The Balaban J connectivity index is 1.30. The zero-order valence-corrected chi connectivity index (χ0v) is 22.4. The highest BCUT2D eigenvalue weighted by Gasteiger charge is 2.32. The second-order valence-electron chi connectivity index (χ2n) is 10.2. The first kappa shape index (κ1) is 26.3. The van der Waals surface area contributed by atoms with E-state index < -0.39 is 10.0 Å². The number of hydrogen-bond acceptors (Lipinski definition) is 6. The Kier molecular flexibility index (Phi) is 7.26. The molecule has 5 rings (SSSR count). The summed E-state index contributed by atoms with van der Waals surface area (Å²) < 4.78 is 29.6. The van der Waals surface area contributed by atoms with E-state index in [-0.39, 0.29) is 35.2 Å². The molecule has 2 fully saturated rings. The number of aromatic nitrogens is 2. The van der Waals surface area contributed by atoms with Gasteiger partial charge in [0.25, 0.3) is 5.91 Å². The Hall–Kier alpha value is -3.28. The molecular weight excluding hydrogens is 506 g/mol. The van der Waals surface area contributed by atoms with Crippen molar-refractivity contribution in [2.75, 3.05) is 38.1 Å². The molecule has 2 amide bonds. The number of anilines is 1. The number of piperidine rings is 1. The first-order valence-electron chi connectivity index (χ1n) is 12.9. The van der Waals surface area contributed by atoms with Crippen molar-refractivity contribution in [3.63, 3.8) is 0 Å². The Morgan fingerprint density at radius 2 is 1.79 bits per heavy atom. The van der Waals surface area contributed by atoms with Gasteiger partial charge in [-0.15, -0.1) is 0 Å². The van der Waals surface area contributed by atoms with Crippen LogP contribution in [0.3, 0.4) is 0 Å². The van der Waals surface area contributed by atoms with Crippen LogP contribution in [0.4, 0.5) is 5.69 Å². The van der Waals surface area contributed by atoms with Gasteiger partial charge in [-0.3, -0.25) is 9.59 Å². The number of aryl methyl sites for hydroxylation is 1. The average Bonchev–Trinajstić information content (AvgIpc) is 3.52. The van der Waals surface area contributed by atoms with Crippen molar-refractivity contribution in [3.05, 3.63) is 59.4 Å². The van der Waals surface area contributed by atoms with Crippen LogP contribution in [0, 0.1) is 12.8 Å². The average molecular weight is 540 g/mol. The maximum atomic E-state index is 13.4. The van der Waals surface area contributed by atoms with Crippen LogP contribution >= 0.6 is 0 Å². The van der Waals surface area contributed by atoms with Crippen molar-refractivity contribution >= 4 is 33.0 Å². The number of pyridine rings is 1. The van der Waals surface area contributed by atoms with Crippen LogP contribution in [0.25, 0.3) is 5.52 Å². The van der Waals surface area contributed by atoms with Crippen LogP contribution in [0.15, 0.2) is 47.5 Å². The van der Waals surface area contributed by atoms with E-state index in [1.54, 1.807) is 21.5 Å². The summed E-state index contributed by atoms with van der Waals surface area (Å²) in [6.45, 7) is 5.29. The lowest BCUT2D eigenvalue weighted by atomic mass is 9.90. The van der Waals surface area contributed by atoms with Crippen molar-refractivity contribution in [2.24, 2.45) is 5.92 Å². The molecule has 38 heavy (non-hydrogen) atoms. The predicted octanol–water partition coefficient (Wildman–Crippen LogP) is 2.62. The smallest absolute Gasteiger partial charge is 0.257 e. The fourth-order valence-electron chi connectivity index (χ4n) is 5.51. The number of benzene rings is 1. The first-order chi connectivity index (χ1) is 18.2. The maximum absolute atomic E-state index is 13.4. The lowest BCUT2D eigenvalue weighted by molar-refractivity contribution is -0.114. The van der Waals surface area contributed by atoms with Gasteiger partial charge in [0.05, 0.1) is 21.7 Å². The van der Waals surface area contributed by atoms with Gasteiger partial charge in [-0.05, 0) is 74.1 Å². The SMILES string of the molecule is CC(=O)Nc1ccc(S(=O)(=O)N2CCC(c3ccn4nc(C)c(C(=O)N5CCC(CO)C5)c4c3)CC2)cc1. The number of carbonyl (C=O) groups excluding carboxylic acids is 2. The highest BCUT2D eigenvalue weighted by Crippen LogP contribution is 2.33. The molecule has 1 unspecified atom stereocenters. The van der Waals surface area contributed by atoms with Crippen LogP contribution in [0.2, 0.25) is 0 Å². The van der Waals surface area contributed by atoms with Crippen LogP contribution in [0.5, 0.6) is 0 Å². The number of likely N-dealkylation sites (tertiary alicyclic amines) is 1. The van der Waals surface area contributed by atoms with E-state index in [0.29, 0.717) is 56.0 Å². The quantitative estimate of drug-likeness (QED) is 0.496. The molecule has 2 aromatic heterocycles. The number of amides is 2. The van der Waals surface area contributed by atoms with E-state index in [1.165, 1.54) is 23.4 Å². The monoisotopic (exact) mass is 539 g/mol. The third kappa shape index (κ3) is 5.05. The minimum Gasteiger partial charge on any atom is -0.396 e. The standard InChI is InChI=1S/C27H33N5O5S/c1-18-26(27(35)30-11-7-20(16-30)17-33)25-15-22(10-14-32(25)29-18)21-8-12-31(13-9-21)38(36,37)24-5-3-23(4-6-24)28-19(2)34/h3-6,10,14-15,20-21,33H,7-9,11-13,16-17H2,1-2H3,(H,28,34). The number of aliphatic hydroxyl groups is 1. The summed E-state index contributed by atoms with van der Waals surface area (Å²) in [4.78, 5) is 26.6. The first-order valence-corrected chi connectivity index (χ1v) is 14.4. The van der Waals surface area contributed by atoms with Gasteiger partial charge in [0.2, 0.25) is 15.9 Å². The summed E-state index contributed by atoms with van der Waals surface area (Å²) in [5.74, 6) is 0.0106. The molecule has 2 aliphatic rings. The second-order valence-corrected chi connectivity index (χ2v) is 12.2. The highest BCUT2D eigenvalue weighted by atomic mass is 32.2. The Bertz CT molecular complexity index is 1460. The van der Waals surface area contributed by atoms with E-state index in [9.17, 15) is 23.1 Å². The molecule has 11 heteroatoms. The van der Waals surface area contributed by atoms with Gasteiger partial charge in [0, 0.05) is 57.5 Å². The van der Waals surface area contributed by atoms with Crippen LogP contribution in [-0.2, 0) is 14.8 Å². The minimum atomic E-state index is -3.64. The molecule has 202 valence electrons. The van der Waals surface area contributed by atoms with E-state index in [2.05, 4.69) is 10.4 Å². The van der Waals surface area contributed by atoms with Crippen LogP contribution in [0.1, 0.15) is 53.7 Å². The van der Waals surface area contributed by atoms with E-state index in [1.807, 2.05) is 25.3 Å². The fourth-order valence-corrected chi connectivity index (χ4v) is 6.98. The summed E-state index contributed by atoms with van der Waals surface area (Å²) in [6.07, 6.45) is 4.00. The topological polar surface area (TPSA) is 124 Å². The molecule has 4 heterocycles. The molecular formula is C27H33N5O5S. The third-order valence-electron chi connectivity index (χ3n) is 7.62. The zero-order valence-electron chi connectivity index (χ0n) is 21.6. The molecule has 3 aromatic rings. The van der Waals surface area contributed by atoms with Crippen LogP contribution < -0.4 is 5.32 Å². The van der Waals surface area contributed by atoms with Gasteiger partial charge in [0.1, 0.15) is 0 Å². The summed E-state index contributed by atoms with van der Waals surface area (Å²) >= 11 is 0. The zero-order chi connectivity index (χ0) is 27.0. The molecule has 1 atom stereocenters. The summed E-state index contributed by atoms with van der Waals surface area (Å²) in [6, 6.07) is 10.2. The normalized spacial score (nSPS) is 19.2. The molecule has 0 bridgehead atoms. The number of nitrogens with zero attached hydrogens (tertiary/aromatic N) is 4. The third-order valence-corrected chi connectivity index (χ3v) is 9.53. The predicted molar refractivity (Wildman–Crippen MR) is 143 cm³/mol. The number of fused-ring (bicyclic) bond motifs is 1. The van der Waals surface area contributed by atoms with Gasteiger partial charge in [-0.1, -0.05) is 0 Å². The molecule has 0 saturated carbocycles. The summed E-state index contributed by atoms with van der Waals surface area (Å²) in [5.41, 5.74) is 3.64. The largest absolute Gasteiger partial charge is 0.396 e. The number of sulfonamides is 1. The summed E-state index contributed by atoms with van der Waals surface area (Å²) in [7, 11) is -3.64. The van der Waals surface area contributed by atoms with Gasteiger partial charge < -0.3 is 15.3 Å². The second kappa shape index (κ2) is 10.5. The van der Waals surface area contributed by atoms with Crippen molar-refractivity contribution in [1.82, 2.24) is 18.8 Å². The molecule has 2 N–H and O–H groups in total. The number of rotatable bonds is 6. The number of hydrogen-bond donors (Lipinski definition) is 2. The number of nitrogens with one attached hydrogen (secondary N) is 1. The molecule has 0 aliphatic carbocycles. The Morgan fingerprint density at radius 1 is 1.08 bits per heavy atom. The Labute approximate surface area is 222 Å². The molecule has 2 aliphatic heterocycles. The number of carbonyl (C=O) groups is 2. The minimum absolute atomic E-state index is 0.0592. The van der Waals surface area contributed by atoms with E-state index in [0.717, 1.165) is 17.5 Å². The van der Waals surface area contributed by atoms with E-state index in [4.69, 9.17) is 0 Å². The van der Waals surface area contributed by atoms with Gasteiger partial charge in [-0.25, -0.2) is 12.9 Å². The maximum Gasteiger partial charge on any atom is 0.257 e. The molecule has 0 radical (unpaired) electrons. The molecule has 1 aromatic carbocycles. The lowest BCUT2D eigenvalue weighted by Crippen LogP contribution is -2.37. The molecule has 2 saturated heterocycles. The van der Waals surface area contributed by atoms with Gasteiger partial charge in [-0.2, -0.15) is 9.40 Å². The van der Waals surface area contributed by atoms with Crippen molar-refractivity contribution in [1.29, 1.82) is 0 Å². The summed E-state index contributed by atoms with van der Waals surface area (Å²) in [5, 5.41) is 16.7. The number of aliphatic hydroxyl groups excluding tert-OH is 1. The molecule has 0 spiro atoms. The van der Waals surface area contributed by atoms with E-state index >= 15 is 0 Å². The van der Waals surface area contributed by atoms with Crippen LogP contribution in [-0.4, -0.2) is 76.9 Å². The van der Waals surface area contributed by atoms with Crippen molar-refractivity contribution < 1.29 is 23.1 Å². The lowest BCUT2D eigenvalue weighted by Gasteiger charge is -2.31. The highest BCUT2D eigenvalue weighted by molar-refractivity contribution is 7.89. The van der Waals surface area contributed by atoms with Crippen molar-refractivity contribution in [3.8, 4) is 0 Å². The molecule has 10 nitrogen and oxygen atoms in total. The Morgan fingerprint density at radius 3 is 2.42 bits per heavy atom. The van der Waals surface area contributed by atoms with Gasteiger partial charge >= 0.3 is 0 Å².